The molecule has 1 saturated heterocycles. The molecule has 3 rings (SSSR count). The number of hydrogen-bond acceptors (Lipinski definition) is 5. The summed E-state index contributed by atoms with van der Waals surface area (Å²) in [6.07, 6.45) is -1.04. The number of benzene rings is 2. The number of cyclic esters (lactones) is 1. The lowest BCUT2D eigenvalue weighted by atomic mass is 10.0. The zero-order chi connectivity index (χ0) is 20.8. The van der Waals surface area contributed by atoms with E-state index in [2.05, 4.69) is 10.6 Å². The van der Waals surface area contributed by atoms with Crippen LogP contribution < -0.4 is 15.5 Å². The number of carbonyl (C=O) groups excluding carboxylic acids is 2. The van der Waals surface area contributed by atoms with Crippen molar-refractivity contribution in [1.29, 1.82) is 5.26 Å². The van der Waals surface area contributed by atoms with Crippen LogP contribution in [0.3, 0.4) is 0 Å². The summed E-state index contributed by atoms with van der Waals surface area (Å²) in [5, 5.41) is 14.1. The Morgan fingerprint density at radius 2 is 2.07 bits per heavy atom. The third-order valence-corrected chi connectivity index (χ3v) is 4.52. The van der Waals surface area contributed by atoms with Gasteiger partial charge in [0.25, 0.3) is 0 Å². The van der Waals surface area contributed by atoms with Crippen molar-refractivity contribution < 1.29 is 18.7 Å². The quantitative estimate of drug-likeness (QED) is 0.554. The molecule has 29 heavy (non-hydrogen) atoms. The van der Waals surface area contributed by atoms with Gasteiger partial charge in [-0.25, -0.2) is 9.18 Å². The van der Waals surface area contributed by atoms with Crippen LogP contribution in [-0.4, -0.2) is 37.7 Å². The van der Waals surface area contributed by atoms with Gasteiger partial charge in [0.15, 0.2) is 0 Å². The SMILES string of the molecule is CC(=O)NC[C@H]1CN(c2ccc(-c3ccc(CNCC#N)cc3)c(F)c2)C(=O)O1. The molecule has 0 bridgehead atoms. The highest BCUT2D eigenvalue weighted by Gasteiger charge is 2.32. The maximum Gasteiger partial charge on any atom is 0.414 e. The molecule has 0 aliphatic carbocycles. The fraction of sp³-hybridized carbons (Fsp3) is 0.286. The summed E-state index contributed by atoms with van der Waals surface area (Å²) in [6.45, 7) is 2.67. The molecule has 1 atom stereocenters. The molecule has 0 radical (unpaired) electrons. The summed E-state index contributed by atoms with van der Waals surface area (Å²) in [7, 11) is 0. The molecule has 0 saturated carbocycles. The van der Waals surface area contributed by atoms with E-state index in [9.17, 15) is 14.0 Å². The molecule has 0 aromatic heterocycles. The maximum absolute atomic E-state index is 14.7. The van der Waals surface area contributed by atoms with Gasteiger partial charge < -0.3 is 15.4 Å². The van der Waals surface area contributed by atoms with E-state index in [0.29, 0.717) is 23.4 Å². The number of nitrogens with zero attached hydrogens (tertiary/aromatic N) is 2. The standard InChI is InChI=1S/C21H21FN4O3/c1-14(27)25-12-18-13-26(21(28)29-18)17-6-7-19(20(22)10-17)16-4-2-15(3-5-16)11-24-9-8-23/h2-7,10,18,24H,9,11-13H2,1H3,(H,25,27)/t18-/m0/s1. The van der Waals surface area contributed by atoms with Crippen LogP contribution in [0.5, 0.6) is 0 Å². The van der Waals surface area contributed by atoms with E-state index in [0.717, 1.165) is 5.56 Å². The first-order chi connectivity index (χ1) is 14.0. The first kappa shape index (κ1) is 20.3. The summed E-state index contributed by atoms with van der Waals surface area (Å²) >= 11 is 0. The van der Waals surface area contributed by atoms with Crippen molar-refractivity contribution >= 4 is 17.7 Å². The van der Waals surface area contributed by atoms with Crippen LogP contribution in [0.1, 0.15) is 12.5 Å². The van der Waals surface area contributed by atoms with Crippen LogP contribution in [0, 0.1) is 17.1 Å². The van der Waals surface area contributed by atoms with E-state index in [1.807, 2.05) is 30.3 Å². The second kappa shape index (κ2) is 9.17. The molecule has 2 N–H and O–H groups in total. The smallest absolute Gasteiger partial charge is 0.414 e. The van der Waals surface area contributed by atoms with Gasteiger partial charge in [-0.3, -0.25) is 9.69 Å². The second-order valence-corrected chi connectivity index (χ2v) is 6.68. The van der Waals surface area contributed by atoms with Gasteiger partial charge in [-0.1, -0.05) is 24.3 Å². The summed E-state index contributed by atoms with van der Waals surface area (Å²) in [6, 6.07) is 14.0. The molecule has 0 spiro atoms. The lowest BCUT2D eigenvalue weighted by Gasteiger charge is -2.14. The van der Waals surface area contributed by atoms with Gasteiger partial charge in [0, 0.05) is 19.0 Å². The average molecular weight is 396 g/mol. The van der Waals surface area contributed by atoms with Crippen molar-refractivity contribution in [3.63, 3.8) is 0 Å². The Morgan fingerprint density at radius 3 is 2.72 bits per heavy atom. The molecule has 1 aliphatic heterocycles. The number of nitriles is 1. The number of amides is 2. The molecule has 1 heterocycles. The van der Waals surface area contributed by atoms with E-state index >= 15 is 0 Å². The molecular weight excluding hydrogens is 375 g/mol. The topological polar surface area (TPSA) is 94.5 Å². The fourth-order valence-electron chi connectivity index (χ4n) is 3.07. The van der Waals surface area contributed by atoms with E-state index in [1.54, 1.807) is 12.1 Å². The van der Waals surface area contributed by atoms with Crippen LogP contribution in [-0.2, 0) is 16.1 Å². The van der Waals surface area contributed by atoms with Crippen molar-refractivity contribution in [2.24, 2.45) is 0 Å². The third kappa shape index (κ3) is 5.09. The molecular formula is C21H21FN4O3. The molecule has 8 heteroatoms. The zero-order valence-electron chi connectivity index (χ0n) is 15.9. The Labute approximate surface area is 168 Å². The zero-order valence-corrected chi connectivity index (χ0v) is 15.9. The first-order valence-corrected chi connectivity index (χ1v) is 9.17. The lowest BCUT2D eigenvalue weighted by molar-refractivity contribution is -0.119. The molecule has 2 aromatic rings. The highest BCUT2D eigenvalue weighted by molar-refractivity contribution is 5.90. The Kier molecular flexibility index (Phi) is 6.42. The van der Waals surface area contributed by atoms with Gasteiger partial charge >= 0.3 is 6.09 Å². The molecule has 0 unspecified atom stereocenters. The molecule has 1 aliphatic rings. The monoisotopic (exact) mass is 396 g/mol. The van der Waals surface area contributed by atoms with Crippen molar-refractivity contribution in [3.8, 4) is 17.2 Å². The lowest BCUT2D eigenvalue weighted by Crippen LogP contribution is -2.33. The van der Waals surface area contributed by atoms with Gasteiger partial charge in [-0.2, -0.15) is 5.26 Å². The van der Waals surface area contributed by atoms with Crippen LogP contribution >= 0.6 is 0 Å². The van der Waals surface area contributed by atoms with Crippen molar-refractivity contribution in [2.75, 3.05) is 24.5 Å². The van der Waals surface area contributed by atoms with E-state index in [4.69, 9.17) is 10.00 Å². The Morgan fingerprint density at radius 1 is 1.31 bits per heavy atom. The number of carbonyl (C=O) groups is 2. The molecule has 1 fully saturated rings. The predicted molar refractivity (Wildman–Crippen MR) is 105 cm³/mol. The number of nitrogens with one attached hydrogen (secondary N) is 2. The summed E-state index contributed by atoms with van der Waals surface area (Å²) in [4.78, 5) is 24.4. The van der Waals surface area contributed by atoms with Crippen molar-refractivity contribution in [2.45, 2.75) is 19.6 Å². The maximum atomic E-state index is 14.7. The minimum absolute atomic E-state index is 0.207. The van der Waals surface area contributed by atoms with Crippen LogP contribution in [0.2, 0.25) is 0 Å². The summed E-state index contributed by atoms with van der Waals surface area (Å²) in [5.41, 5.74) is 2.53. The number of hydrogen-bond donors (Lipinski definition) is 2. The summed E-state index contributed by atoms with van der Waals surface area (Å²) < 4.78 is 19.9. The van der Waals surface area contributed by atoms with E-state index in [-0.39, 0.29) is 25.5 Å². The molecule has 2 aromatic carbocycles. The first-order valence-electron chi connectivity index (χ1n) is 9.17. The average Bonchev–Trinajstić information content (AvgIpc) is 3.08. The van der Waals surface area contributed by atoms with Crippen LogP contribution in [0.4, 0.5) is 14.9 Å². The molecule has 150 valence electrons. The third-order valence-electron chi connectivity index (χ3n) is 4.52. The fourth-order valence-corrected chi connectivity index (χ4v) is 3.07. The van der Waals surface area contributed by atoms with Crippen molar-refractivity contribution in [1.82, 2.24) is 10.6 Å². The molecule has 2 amide bonds. The highest BCUT2D eigenvalue weighted by Crippen LogP contribution is 2.29. The Balaban J connectivity index is 1.69. The van der Waals surface area contributed by atoms with Gasteiger partial charge in [-0.05, 0) is 29.3 Å². The second-order valence-electron chi connectivity index (χ2n) is 6.68. The van der Waals surface area contributed by atoms with Crippen LogP contribution in [0.15, 0.2) is 42.5 Å². The Bertz CT molecular complexity index is 940. The highest BCUT2D eigenvalue weighted by atomic mass is 19.1. The largest absolute Gasteiger partial charge is 0.442 e. The predicted octanol–water partition coefficient (Wildman–Crippen LogP) is 2.57. The number of rotatable bonds is 7. The number of halogens is 1. The van der Waals surface area contributed by atoms with Gasteiger partial charge in [-0.15, -0.1) is 0 Å². The van der Waals surface area contributed by atoms with Crippen LogP contribution in [0.25, 0.3) is 11.1 Å². The minimum atomic E-state index is -0.568. The van der Waals surface area contributed by atoms with Crippen molar-refractivity contribution in [3.05, 3.63) is 53.8 Å². The van der Waals surface area contributed by atoms with Gasteiger partial charge in [0.05, 0.1) is 31.4 Å². The minimum Gasteiger partial charge on any atom is -0.442 e. The number of ether oxygens (including phenoxy) is 1. The number of anilines is 1. The molecule has 7 nitrogen and oxygen atoms in total. The van der Waals surface area contributed by atoms with E-state index in [1.165, 1.54) is 17.9 Å². The Hall–Kier alpha value is -3.44. The van der Waals surface area contributed by atoms with Gasteiger partial charge in [0.1, 0.15) is 11.9 Å². The van der Waals surface area contributed by atoms with Gasteiger partial charge in [0.2, 0.25) is 5.91 Å². The normalized spacial score (nSPS) is 15.7. The summed E-state index contributed by atoms with van der Waals surface area (Å²) in [5.74, 6) is -0.655. The van der Waals surface area contributed by atoms with E-state index < -0.39 is 18.0 Å².